The molecule has 0 N–H and O–H groups in total. The summed E-state index contributed by atoms with van der Waals surface area (Å²) < 4.78 is 15.0. The van der Waals surface area contributed by atoms with E-state index in [1.54, 1.807) is 25.3 Å². The van der Waals surface area contributed by atoms with Crippen LogP contribution in [-0.4, -0.2) is 45.3 Å². The Balaban J connectivity index is 2.37. The third-order valence-corrected chi connectivity index (χ3v) is 2.40. The number of carbonyl (C=O) groups excluding carboxylic acids is 2. The van der Waals surface area contributed by atoms with Crippen LogP contribution in [0.5, 0.6) is 0 Å². The normalized spacial score (nSPS) is 10.2. The van der Waals surface area contributed by atoms with E-state index in [2.05, 4.69) is 0 Å². The van der Waals surface area contributed by atoms with Gasteiger partial charge in [-0.3, -0.25) is 4.79 Å². The fourth-order valence-corrected chi connectivity index (χ4v) is 1.39. The van der Waals surface area contributed by atoms with Gasteiger partial charge < -0.3 is 14.2 Å². The minimum atomic E-state index is -0.460. The first-order valence-electron chi connectivity index (χ1n) is 6.00. The largest absolute Gasteiger partial charge is 0.460 e. The van der Waals surface area contributed by atoms with Crippen molar-refractivity contribution < 1.29 is 23.8 Å². The van der Waals surface area contributed by atoms with Crippen molar-refractivity contribution in [1.82, 2.24) is 0 Å². The minimum Gasteiger partial charge on any atom is -0.460 e. The molecule has 0 saturated heterocycles. The molecule has 0 spiro atoms. The summed E-state index contributed by atoms with van der Waals surface area (Å²) in [6, 6.07) is 6.45. The summed E-state index contributed by atoms with van der Waals surface area (Å²) >= 11 is 0. The van der Waals surface area contributed by atoms with Crippen molar-refractivity contribution in [1.29, 1.82) is 0 Å². The van der Waals surface area contributed by atoms with Gasteiger partial charge in [-0.15, -0.1) is 0 Å². The molecule has 0 heterocycles. The number of esters is 1. The van der Waals surface area contributed by atoms with E-state index in [0.717, 1.165) is 0 Å². The van der Waals surface area contributed by atoms with Crippen LogP contribution in [0.3, 0.4) is 0 Å². The maximum absolute atomic E-state index is 11.7. The number of carbonyl (C=O) groups is 2. The standard InChI is InChI=1S/C14H18O5/c1-11(15)12-4-3-5-13(10-12)14(16)19-9-8-18-7-6-17-2/h3-5,10H,6-9H2,1-2H3. The summed E-state index contributed by atoms with van der Waals surface area (Å²) in [6.07, 6.45) is 0. The Kier molecular flexibility index (Phi) is 6.78. The van der Waals surface area contributed by atoms with Crippen molar-refractivity contribution in [3.8, 4) is 0 Å². The zero-order valence-electron chi connectivity index (χ0n) is 11.2. The van der Waals surface area contributed by atoms with Gasteiger partial charge in [-0.1, -0.05) is 12.1 Å². The Hall–Kier alpha value is -1.72. The van der Waals surface area contributed by atoms with Gasteiger partial charge in [-0.25, -0.2) is 4.79 Å². The van der Waals surface area contributed by atoms with Crippen LogP contribution in [0.1, 0.15) is 27.6 Å². The minimum absolute atomic E-state index is 0.0856. The Morgan fingerprint density at radius 2 is 1.74 bits per heavy atom. The lowest BCUT2D eigenvalue weighted by Gasteiger charge is -2.06. The second-order valence-electron chi connectivity index (χ2n) is 3.88. The first kappa shape index (κ1) is 15.3. The molecule has 0 radical (unpaired) electrons. The molecule has 5 nitrogen and oxygen atoms in total. The maximum Gasteiger partial charge on any atom is 0.338 e. The zero-order chi connectivity index (χ0) is 14.1. The van der Waals surface area contributed by atoms with Gasteiger partial charge in [0.25, 0.3) is 0 Å². The molecule has 0 atom stereocenters. The quantitative estimate of drug-likeness (QED) is 0.407. The molecule has 104 valence electrons. The van der Waals surface area contributed by atoms with Crippen LogP contribution in [0.25, 0.3) is 0 Å². The van der Waals surface area contributed by atoms with Gasteiger partial charge in [0.1, 0.15) is 6.61 Å². The van der Waals surface area contributed by atoms with Crippen LogP contribution >= 0.6 is 0 Å². The van der Waals surface area contributed by atoms with E-state index in [9.17, 15) is 9.59 Å². The summed E-state index contributed by atoms with van der Waals surface area (Å²) in [5.41, 5.74) is 0.857. The van der Waals surface area contributed by atoms with Crippen molar-refractivity contribution in [3.63, 3.8) is 0 Å². The lowest BCUT2D eigenvalue weighted by atomic mass is 10.1. The summed E-state index contributed by atoms with van der Waals surface area (Å²) in [4.78, 5) is 22.9. The number of benzene rings is 1. The molecule has 0 aliphatic rings. The number of rotatable bonds is 8. The van der Waals surface area contributed by atoms with Crippen LogP contribution in [0.4, 0.5) is 0 Å². The molecule has 1 aromatic rings. The first-order valence-corrected chi connectivity index (χ1v) is 6.00. The van der Waals surface area contributed by atoms with E-state index in [1.165, 1.54) is 13.0 Å². The number of hydrogen-bond donors (Lipinski definition) is 0. The van der Waals surface area contributed by atoms with Crippen molar-refractivity contribution in [2.24, 2.45) is 0 Å². The maximum atomic E-state index is 11.7. The van der Waals surface area contributed by atoms with Gasteiger partial charge in [0.2, 0.25) is 0 Å². The molecule has 0 fully saturated rings. The summed E-state index contributed by atoms with van der Waals surface area (Å²) in [6.45, 7) is 2.92. The number of Topliss-reactive ketones (excluding diaryl/α,β-unsaturated/α-hetero) is 1. The second kappa shape index (κ2) is 8.39. The van der Waals surface area contributed by atoms with Crippen LogP contribution in [0.15, 0.2) is 24.3 Å². The molecule has 1 rings (SSSR count). The van der Waals surface area contributed by atoms with Crippen LogP contribution < -0.4 is 0 Å². The SMILES string of the molecule is COCCOCCOC(=O)c1cccc(C(C)=O)c1. The highest BCUT2D eigenvalue weighted by atomic mass is 16.6. The molecule has 0 saturated carbocycles. The molecule has 5 heteroatoms. The topological polar surface area (TPSA) is 61.8 Å². The van der Waals surface area contributed by atoms with Gasteiger partial charge in [0.05, 0.1) is 25.4 Å². The lowest BCUT2D eigenvalue weighted by molar-refractivity contribution is 0.0214. The third-order valence-electron chi connectivity index (χ3n) is 2.40. The number of ketones is 1. The molecule has 0 bridgehead atoms. The van der Waals surface area contributed by atoms with Crippen molar-refractivity contribution in [3.05, 3.63) is 35.4 Å². The molecule has 19 heavy (non-hydrogen) atoms. The zero-order valence-corrected chi connectivity index (χ0v) is 11.2. The molecular weight excluding hydrogens is 248 g/mol. The Morgan fingerprint density at radius 1 is 1.05 bits per heavy atom. The van der Waals surface area contributed by atoms with Gasteiger partial charge in [-0.2, -0.15) is 0 Å². The number of ether oxygens (including phenoxy) is 3. The Labute approximate surface area is 112 Å². The van der Waals surface area contributed by atoms with Crippen molar-refractivity contribution >= 4 is 11.8 Å². The fraction of sp³-hybridized carbons (Fsp3) is 0.429. The molecule has 0 aromatic heterocycles. The summed E-state index contributed by atoms with van der Waals surface area (Å²) in [5, 5.41) is 0. The lowest BCUT2D eigenvalue weighted by Crippen LogP contribution is -2.13. The van der Waals surface area contributed by atoms with E-state index in [0.29, 0.717) is 30.9 Å². The predicted octanol–water partition coefficient (Wildman–Crippen LogP) is 1.71. The molecule has 1 aromatic carbocycles. The highest BCUT2D eigenvalue weighted by Gasteiger charge is 2.09. The van der Waals surface area contributed by atoms with Crippen LogP contribution in [0, 0.1) is 0 Å². The van der Waals surface area contributed by atoms with Crippen molar-refractivity contribution in [2.45, 2.75) is 6.92 Å². The average Bonchev–Trinajstić information content (AvgIpc) is 2.42. The van der Waals surface area contributed by atoms with E-state index in [4.69, 9.17) is 14.2 Å². The number of hydrogen-bond acceptors (Lipinski definition) is 5. The summed E-state index contributed by atoms with van der Waals surface area (Å²) in [5.74, 6) is -0.545. The average molecular weight is 266 g/mol. The monoisotopic (exact) mass is 266 g/mol. The van der Waals surface area contributed by atoms with E-state index in [-0.39, 0.29) is 12.4 Å². The predicted molar refractivity (Wildman–Crippen MR) is 69.4 cm³/mol. The molecule has 0 amide bonds. The Morgan fingerprint density at radius 3 is 2.42 bits per heavy atom. The van der Waals surface area contributed by atoms with Crippen molar-refractivity contribution in [2.75, 3.05) is 33.5 Å². The van der Waals surface area contributed by atoms with E-state index < -0.39 is 5.97 Å². The van der Waals surface area contributed by atoms with Crippen LogP contribution in [0.2, 0.25) is 0 Å². The van der Waals surface area contributed by atoms with E-state index >= 15 is 0 Å². The van der Waals surface area contributed by atoms with Gasteiger partial charge in [0, 0.05) is 12.7 Å². The van der Waals surface area contributed by atoms with E-state index in [1.807, 2.05) is 0 Å². The molecule has 0 aliphatic heterocycles. The van der Waals surface area contributed by atoms with Gasteiger partial charge >= 0.3 is 5.97 Å². The molecule has 0 unspecified atom stereocenters. The number of methoxy groups -OCH3 is 1. The summed E-state index contributed by atoms with van der Waals surface area (Å²) in [7, 11) is 1.59. The van der Waals surface area contributed by atoms with Crippen LogP contribution in [-0.2, 0) is 14.2 Å². The molecule has 0 aliphatic carbocycles. The second-order valence-corrected chi connectivity index (χ2v) is 3.88. The van der Waals surface area contributed by atoms with Gasteiger partial charge in [-0.05, 0) is 19.1 Å². The highest BCUT2D eigenvalue weighted by Crippen LogP contribution is 2.07. The third kappa shape index (κ3) is 5.63. The highest BCUT2D eigenvalue weighted by molar-refractivity contribution is 5.97. The Bertz CT molecular complexity index is 428. The fourth-order valence-electron chi connectivity index (χ4n) is 1.39. The first-order chi connectivity index (χ1) is 9.15. The van der Waals surface area contributed by atoms with Gasteiger partial charge in [0.15, 0.2) is 5.78 Å². The molecular formula is C14H18O5. The smallest absolute Gasteiger partial charge is 0.338 e.